The Morgan fingerprint density at radius 3 is 2.81 bits per heavy atom. The fraction of sp³-hybridized carbons (Fsp3) is 0.312. The largest absolute Gasteiger partial charge is 0.493 e. The standard InChI is InChI=1S/C16H19N5O5S/c1-4-10-14(27-16(17)19-10)15(22)20-18-8-9-6-11(21(23)24)13(26-5-2)12(7-9)25-3/h6-8H,4-5H2,1-3H3,(H2,17,19)(H,20,22)/b18-8-. The van der Waals surface area contributed by atoms with Gasteiger partial charge in [-0.3, -0.25) is 14.9 Å². The van der Waals surface area contributed by atoms with Crippen molar-refractivity contribution in [3.05, 3.63) is 38.4 Å². The Morgan fingerprint density at radius 2 is 2.22 bits per heavy atom. The van der Waals surface area contributed by atoms with Crippen LogP contribution in [0.3, 0.4) is 0 Å². The van der Waals surface area contributed by atoms with E-state index in [0.717, 1.165) is 11.3 Å². The number of nitrogen functional groups attached to an aromatic ring is 1. The van der Waals surface area contributed by atoms with Crippen molar-refractivity contribution < 1.29 is 19.2 Å². The number of amides is 1. The van der Waals surface area contributed by atoms with Crippen LogP contribution in [-0.4, -0.2) is 35.7 Å². The Labute approximate surface area is 159 Å². The molecule has 0 saturated carbocycles. The molecule has 11 heteroatoms. The number of methoxy groups -OCH3 is 1. The Morgan fingerprint density at radius 1 is 1.48 bits per heavy atom. The molecule has 27 heavy (non-hydrogen) atoms. The van der Waals surface area contributed by atoms with E-state index in [4.69, 9.17) is 15.2 Å². The fourth-order valence-corrected chi connectivity index (χ4v) is 3.07. The molecule has 0 aliphatic heterocycles. The van der Waals surface area contributed by atoms with Gasteiger partial charge in [0.15, 0.2) is 10.9 Å². The molecular weight excluding hydrogens is 374 g/mol. The van der Waals surface area contributed by atoms with Crippen LogP contribution in [0.4, 0.5) is 10.8 Å². The van der Waals surface area contributed by atoms with Gasteiger partial charge in [-0.1, -0.05) is 18.3 Å². The zero-order chi connectivity index (χ0) is 20.0. The topological polar surface area (TPSA) is 142 Å². The van der Waals surface area contributed by atoms with Gasteiger partial charge in [0, 0.05) is 11.6 Å². The lowest BCUT2D eigenvalue weighted by Gasteiger charge is -2.10. The third-order valence-electron chi connectivity index (χ3n) is 3.40. The molecule has 3 N–H and O–H groups in total. The Hall–Kier alpha value is -3.21. The van der Waals surface area contributed by atoms with Crippen molar-refractivity contribution in [3.8, 4) is 11.5 Å². The number of rotatable bonds is 8. The molecule has 0 aliphatic rings. The van der Waals surface area contributed by atoms with Gasteiger partial charge in [-0.05, 0) is 19.4 Å². The highest BCUT2D eigenvalue weighted by Gasteiger charge is 2.22. The number of nitro groups is 1. The predicted molar refractivity (Wildman–Crippen MR) is 102 cm³/mol. The van der Waals surface area contributed by atoms with Crippen LogP contribution >= 0.6 is 11.3 Å². The predicted octanol–water partition coefficient (Wildman–Crippen LogP) is 2.37. The lowest BCUT2D eigenvalue weighted by atomic mass is 10.2. The third kappa shape index (κ3) is 4.70. The minimum absolute atomic E-state index is 0.0407. The van der Waals surface area contributed by atoms with Crippen molar-refractivity contribution in [1.29, 1.82) is 0 Å². The van der Waals surface area contributed by atoms with Crippen molar-refractivity contribution >= 4 is 34.3 Å². The summed E-state index contributed by atoms with van der Waals surface area (Å²) in [7, 11) is 1.38. The first-order valence-corrected chi connectivity index (χ1v) is 8.80. The van der Waals surface area contributed by atoms with Crippen LogP contribution in [0.15, 0.2) is 17.2 Å². The van der Waals surface area contributed by atoms with Crippen LogP contribution in [0.25, 0.3) is 0 Å². The maximum absolute atomic E-state index is 12.2. The molecule has 1 heterocycles. The molecule has 0 bridgehead atoms. The van der Waals surface area contributed by atoms with Crippen LogP contribution in [-0.2, 0) is 6.42 Å². The average molecular weight is 393 g/mol. The number of anilines is 1. The van der Waals surface area contributed by atoms with Crippen LogP contribution < -0.4 is 20.6 Å². The second-order valence-electron chi connectivity index (χ2n) is 5.14. The van der Waals surface area contributed by atoms with Crippen molar-refractivity contribution in [1.82, 2.24) is 10.4 Å². The maximum atomic E-state index is 12.2. The number of nitro benzene ring substituents is 1. The average Bonchev–Trinajstić information content (AvgIpc) is 3.03. The summed E-state index contributed by atoms with van der Waals surface area (Å²) in [5.74, 6) is -0.217. The number of thiazole rings is 1. The smallest absolute Gasteiger partial charge is 0.315 e. The highest BCUT2D eigenvalue weighted by Crippen LogP contribution is 2.37. The maximum Gasteiger partial charge on any atom is 0.315 e. The zero-order valence-electron chi connectivity index (χ0n) is 15.0. The van der Waals surface area contributed by atoms with Gasteiger partial charge in [0.2, 0.25) is 5.75 Å². The van der Waals surface area contributed by atoms with Crippen LogP contribution in [0.2, 0.25) is 0 Å². The number of hydrazone groups is 1. The number of ether oxygens (including phenoxy) is 2. The van der Waals surface area contributed by atoms with Crippen LogP contribution in [0, 0.1) is 10.1 Å². The number of benzene rings is 1. The number of nitrogens with zero attached hydrogens (tertiary/aromatic N) is 3. The van der Waals surface area contributed by atoms with E-state index >= 15 is 0 Å². The van der Waals surface area contributed by atoms with Gasteiger partial charge in [0.05, 0.1) is 30.5 Å². The monoisotopic (exact) mass is 393 g/mol. The Kier molecular flexibility index (Phi) is 6.66. The van der Waals surface area contributed by atoms with E-state index in [1.54, 1.807) is 6.92 Å². The summed E-state index contributed by atoms with van der Waals surface area (Å²) in [6, 6.07) is 2.81. The minimum atomic E-state index is -0.572. The van der Waals surface area contributed by atoms with Gasteiger partial charge in [-0.2, -0.15) is 5.10 Å². The molecule has 2 aromatic rings. The summed E-state index contributed by atoms with van der Waals surface area (Å²) in [5.41, 5.74) is 8.68. The second-order valence-corrected chi connectivity index (χ2v) is 6.17. The molecule has 1 aromatic carbocycles. The molecule has 1 amide bonds. The summed E-state index contributed by atoms with van der Waals surface area (Å²) < 4.78 is 10.5. The number of nitrogens with two attached hydrogens (primary N) is 1. The molecule has 0 radical (unpaired) electrons. The third-order valence-corrected chi connectivity index (χ3v) is 4.32. The van der Waals surface area contributed by atoms with Crippen molar-refractivity contribution in [2.45, 2.75) is 20.3 Å². The molecule has 144 valence electrons. The van der Waals surface area contributed by atoms with E-state index in [9.17, 15) is 14.9 Å². The molecule has 2 rings (SSSR count). The SMILES string of the molecule is CCOc1c(OC)cc(/C=N\NC(=O)c2sc(N)nc2CC)cc1[N+](=O)[O-]. The van der Waals surface area contributed by atoms with Gasteiger partial charge >= 0.3 is 5.69 Å². The first kappa shape index (κ1) is 20.1. The number of hydrogen-bond acceptors (Lipinski definition) is 9. The molecule has 0 atom stereocenters. The lowest BCUT2D eigenvalue weighted by molar-refractivity contribution is -0.385. The molecule has 10 nitrogen and oxygen atoms in total. The van der Waals surface area contributed by atoms with E-state index in [0.29, 0.717) is 27.7 Å². The number of nitrogens with one attached hydrogen (secondary N) is 1. The first-order valence-electron chi connectivity index (χ1n) is 7.99. The molecule has 1 aromatic heterocycles. The van der Waals surface area contributed by atoms with Crippen molar-refractivity contribution in [2.24, 2.45) is 5.10 Å². The summed E-state index contributed by atoms with van der Waals surface area (Å²) >= 11 is 1.07. The number of carbonyl (C=O) groups is 1. The molecular formula is C16H19N5O5S. The number of hydrogen-bond donors (Lipinski definition) is 2. The van der Waals surface area contributed by atoms with E-state index in [2.05, 4.69) is 15.5 Å². The molecule has 0 spiro atoms. The van der Waals surface area contributed by atoms with Gasteiger partial charge in [0.25, 0.3) is 5.91 Å². The summed E-state index contributed by atoms with van der Waals surface area (Å²) in [6.45, 7) is 3.82. The quantitative estimate of drug-likeness (QED) is 0.398. The number of aromatic nitrogens is 1. The van der Waals surface area contributed by atoms with Crippen LogP contribution in [0.5, 0.6) is 11.5 Å². The van der Waals surface area contributed by atoms with E-state index < -0.39 is 10.8 Å². The Bertz CT molecular complexity index is 880. The van der Waals surface area contributed by atoms with Crippen LogP contribution in [0.1, 0.15) is 34.8 Å². The van der Waals surface area contributed by atoms with Gasteiger partial charge in [0.1, 0.15) is 4.88 Å². The van der Waals surface area contributed by atoms with Gasteiger partial charge in [-0.25, -0.2) is 10.4 Å². The van der Waals surface area contributed by atoms with E-state index in [-0.39, 0.29) is 23.8 Å². The van der Waals surface area contributed by atoms with Gasteiger partial charge in [-0.15, -0.1) is 0 Å². The fourth-order valence-electron chi connectivity index (χ4n) is 2.26. The minimum Gasteiger partial charge on any atom is -0.493 e. The summed E-state index contributed by atoms with van der Waals surface area (Å²) in [5, 5.41) is 15.4. The lowest BCUT2D eigenvalue weighted by Crippen LogP contribution is -2.17. The van der Waals surface area contributed by atoms with Gasteiger partial charge < -0.3 is 15.2 Å². The molecule has 0 unspecified atom stereocenters. The number of carbonyl (C=O) groups excluding carboxylic acids is 1. The molecule has 0 fully saturated rings. The highest BCUT2D eigenvalue weighted by atomic mass is 32.1. The van der Waals surface area contributed by atoms with Crippen molar-refractivity contribution in [3.63, 3.8) is 0 Å². The van der Waals surface area contributed by atoms with Crippen molar-refractivity contribution in [2.75, 3.05) is 19.5 Å². The van der Waals surface area contributed by atoms with E-state index in [1.165, 1.54) is 25.5 Å². The molecule has 0 saturated heterocycles. The summed E-state index contributed by atoms with van der Waals surface area (Å²) in [4.78, 5) is 27.4. The normalized spacial score (nSPS) is 10.8. The summed E-state index contributed by atoms with van der Waals surface area (Å²) in [6.07, 6.45) is 1.83. The Balaban J connectivity index is 2.24. The first-order chi connectivity index (χ1) is 12.9. The second kappa shape index (κ2) is 8.94. The zero-order valence-corrected chi connectivity index (χ0v) is 15.8. The molecule has 0 aliphatic carbocycles. The number of aryl methyl sites for hydroxylation is 1. The highest BCUT2D eigenvalue weighted by molar-refractivity contribution is 7.17. The van der Waals surface area contributed by atoms with E-state index in [1.807, 2.05) is 6.92 Å².